The Bertz CT molecular complexity index is 889. The lowest BCUT2D eigenvalue weighted by molar-refractivity contribution is -0.438. The summed E-state index contributed by atoms with van der Waals surface area (Å²) < 4.78 is 65.4. The van der Waals surface area contributed by atoms with Crippen LogP contribution in [0.1, 0.15) is 38.7 Å². The zero-order chi connectivity index (χ0) is 18.9. The summed E-state index contributed by atoms with van der Waals surface area (Å²) in [5.74, 6) is -0.717. The molecule has 0 aromatic heterocycles. The lowest BCUT2D eigenvalue weighted by Gasteiger charge is -2.22. The van der Waals surface area contributed by atoms with Gasteiger partial charge < -0.3 is 4.55 Å². The zero-order valence-corrected chi connectivity index (χ0v) is 15.9. The van der Waals surface area contributed by atoms with E-state index in [1.54, 1.807) is 0 Å². The first-order chi connectivity index (χ1) is 11.4. The SMILES string of the molecule is CC1=[N+](CCCS(=O)(=O)O)c2ccccc2C1(C)CCCS(=O)(=O)[O-]. The van der Waals surface area contributed by atoms with Crippen molar-refractivity contribution < 1.29 is 30.5 Å². The minimum atomic E-state index is -4.25. The molecule has 0 bridgehead atoms. The molecule has 1 aliphatic rings. The van der Waals surface area contributed by atoms with Crippen molar-refractivity contribution in [2.75, 3.05) is 18.1 Å². The van der Waals surface area contributed by atoms with Gasteiger partial charge in [-0.15, -0.1) is 0 Å². The fourth-order valence-corrected chi connectivity index (χ4v) is 4.45. The fourth-order valence-electron chi connectivity index (χ4n) is 3.46. The third kappa shape index (κ3) is 4.87. The first-order valence-electron chi connectivity index (χ1n) is 8.04. The molecule has 0 aliphatic carbocycles. The molecular formula is C16H23NO6S2. The second-order valence-electron chi connectivity index (χ2n) is 6.59. The van der Waals surface area contributed by atoms with E-state index in [1.807, 2.05) is 42.7 Å². The first-order valence-corrected chi connectivity index (χ1v) is 11.2. The molecule has 1 aromatic rings. The van der Waals surface area contributed by atoms with Crippen LogP contribution in [0.3, 0.4) is 0 Å². The first kappa shape index (κ1) is 20.0. The van der Waals surface area contributed by atoms with Gasteiger partial charge in [-0.2, -0.15) is 13.0 Å². The number of hydrogen-bond donors (Lipinski definition) is 1. The number of benzene rings is 1. The minimum Gasteiger partial charge on any atom is -0.748 e. The third-order valence-corrected chi connectivity index (χ3v) is 6.44. The Morgan fingerprint density at radius 2 is 1.76 bits per heavy atom. The highest BCUT2D eigenvalue weighted by atomic mass is 32.2. The molecule has 0 amide bonds. The number of nitrogens with zero attached hydrogens (tertiary/aromatic N) is 1. The number of hydrogen-bond acceptors (Lipinski definition) is 5. The molecule has 1 aromatic carbocycles. The maximum absolute atomic E-state index is 10.9. The summed E-state index contributed by atoms with van der Waals surface area (Å²) in [5.41, 5.74) is 2.54. The normalized spacial score (nSPS) is 20.8. The van der Waals surface area contributed by atoms with E-state index < -0.39 is 31.4 Å². The van der Waals surface area contributed by atoms with Crippen LogP contribution in [0.25, 0.3) is 0 Å². The van der Waals surface area contributed by atoms with Crippen molar-refractivity contribution in [3.05, 3.63) is 29.8 Å². The van der Waals surface area contributed by atoms with Crippen LogP contribution in [-0.2, 0) is 25.7 Å². The minimum absolute atomic E-state index is 0.257. The molecule has 0 spiro atoms. The van der Waals surface area contributed by atoms with Gasteiger partial charge in [0.1, 0.15) is 6.54 Å². The highest BCUT2D eigenvalue weighted by Gasteiger charge is 2.45. The molecule has 0 fully saturated rings. The molecule has 1 heterocycles. The van der Waals surface area contributed by atoms with Gasteiger partial charge in [0.15, 0.2) is 5.71 Å². The molecule has 1 N–H and O–H groups in total. The van der Waals surface area contributed by atoms with Gasteiger partial charge in [0.2, 0.25) is 5.69 Å². The van der Waals surface area contributed by atoms with Gasteiger partial charge in [-0.3, -0.25) is 4.55 Å². The maximum Gasteiger partial charge on any atom is 0.265 e. The molecule has 0 saturated carbocycles. The summed E-state index contributed by atoms with van der Waals surface area (Å²) in [6.45, 7) is 4.36. The second kappa shape index (κ2) is 7.14. The van der Waals surface area contributed by atoms with Crippen molar-refractivity contribution in [3.63, 3.8) is 0 Å². The molecule has 1 atom stereocenters. The monoisotopic (exact) mass is 389 g/mol. The van der Waals surface area contributed by atoms with Crippen molar-refractivity contribution in [1.29, 1.82) is 0 Å². The summed E-state index contributed by atoms with van der Waals surface area (Å²) in [4.78, 5) is 0. The van der Waals surface area contributed by atoms with Crippen LogP contribution in [-0.4, -0.2) is 54.3 Å². The Balaban J connectivity index is 2.27. The molecule has 1 unspecified atom stereocenters. The second-order valence-corrected chi connectivity index (χ2v) is 9.69. The van der Waals surface area contributed by atoms with Gasteiger partial charge in [-0.25, -0.2) is 8.42 Å². The average Bonchev–Trinajstić information content (AvgIpc) is 2.67. The van der Waals surface area contributed by atoms with Gasteiger partial charge in [0.05, 0.1) is 21.3 Å². The van der Waals surface area contributed by atoms with Crippen LogP contribution in [0.2, 0.25) is 0 Å². The van der Waals surface area contributed by atoms with E-state index in [9.17, 15) is 21.4 Å². The van der Waals surface area contributed by atoms with Crippen LogP contribution in [0.4, 0.5) is 5.69 Å². The molecule has 2 rings (SSSR count). The highest BCUT2D eigenvalue weighted by molar-refractivity contribution is 7.85. The van der Waals surface area contributed by atoms with Crippen LogP contribution < -0.4 is 0 Å². The fraction of sp³-hybridized carbons (Fsp3) is 0.562. The molecule has 0 saturated heterocycles. The van der Waals surface area contributed by atoms with Crippen LogP contribution >= 0.6 is 0 Å². The summed E-state index contributed by atoms with van der Waals surface area (Å²) in [6, 6.07) is 7.68. The molecule has 25 heavy (non-hydrogen) atoms. The Morgan fingerprint density at radius 1 is 1.12 bits per heavy atom. The molecule has 140 valence electrons. The predicted molar refractivity (Wildman–Crippen MR) is 94.1 cm³/mol. The number of rotatable bonds is 8. The van der Waals surface area contributed by atoms with Crippen molar-refractivity contribution in [2.24, 2.45) is 0 Å². The van der Waals surface area contributed by atoms with E-state index in [-0.39, 0.29) is 18.6 Å². The van der Waals surface area contributed by atoms with E-state index in [1.165, 1.54) is 0 Å². The number of fused-ring (bicyclic) bond motifs is 1. The van der Waals surface area contributed by atoms with Gasteiger partial charge in [-0.1, -0.05) is 18.2 Å². The average molecular weight is 389 g/mol. The zero-order valence-electron chi connectivity index (χ0n) is 14.3. The van der Waals surface area contributed by atoms with E-state index in [0.717, 1.165) is 17.0 Å². The Hall–Kier alpha value is -1.29. The molecular weight excluding hydrogens is 366 g/mol. The van der Waals surface area contributed by atoms with Crippen molar-refractivity contribution in [2.45, 2.75) is 38.5 Å². The standard InChI is InChI=1S/C16H23NO6S2/c1-13-16(2,9-5-11-24(18,19)20)14-7-3-4-8-15(14)17(13)10-6-12-25(21,22)23/h3-4,7-8H,5-6,9-12H2,1-2H3,(H-,18,19,20,21,22,23). The predicted octanol–water partition coefficient (Wildman–Crippen LogP) is 1.67. The van der Waals surface area contributed by atoms with Crippen LogP contribution in [0, 0.1) is 0 Å². The summed E-state index contributed by atoms with van der Waals surface area (Å²) in [7, 11) is -8.26. The summed E-state index contributed by atoms with van der Waals surface area (Å²) in [5, 5.41) is 0. The molecule has 7 nitrogen and oxygen atoms in total. The maximum atomic E-state index is 10.9. The Morgan fingerprint density at radius 3 is 2.36 bits per heavy atom. The largest absolute Gasteiger partial charge is 0.748 e. The quantitative estimate of drug-likeness (QED) is 0.534. The van der Waals surface area contributed by atoms with Gasteiger partial charge >= 0.3 is 0 Å². The smallest absolute Gasteiger partial charge is 0.265 e. The van der Waals surface area contributed by atoms with Gasteiger partial charge in [0.25, 0.3) is 10.1 Å². The summed E-state index contributed by atoms with van der Waals surface area (Å²) >= 11 is 0. The van der Waals surface area contributed by atoms with E-state index in [4.69, 9.17) is 4.55 Å². The molecule has 0 radical (unpaired) electrons. The van der Waals surface area contributed by atoms with Crippen molar-refractivity contribution >= 4 is 31.6 Å². The summed E-state index contributed by atoms with van der Waals surface area (Å²) in [6.07, 6.45) is 1.04. The van der Waals surface area contributed by atoms with E-state index >= 15 is 0 Å². The molecule has 9 heteroatoms. The van der Waals surface area contributed by atoms with Gasteiger partial charge in [0, 0.05) is 30.7 Å². The topological polar surface area (TPSA) is 115 Å². The lowest BCUT2D eigenvalue weighted by Crippen LogP contribution is -2.31. The Kier molecular flexibility index (Phi) is 5.72. The van der Waals surface area contributed by atoms with Crippen molar-refractivity contribution in [1.82, 2.24) is 0 Å². The highest BCUT2D eigenvalue weighted by Crippen LogP contribution is 2.42. The molecule has 1 aliphatic heterocycles. The Labute approximate surface area is 148 Å². The number of para-hydroxylation sites is 1. The van der Waals surface area contributed by atoms with Gasteiger partial charge in [-0.05, 0) is 19.8 Å². The third-order valence-electron chi connectivity index (χ3n) is 4.85. The van der Waals surface area contributed by atoms with Crippen LogP contribution in [0.15, 0.2) is 24.3 Å². The lowest BCUT2D eigenvalue weighted by atomic mass is 9.76. The van der Waals surface area contributed by atoms with Crippen LogP contribution in [0.5, 0.6) is 0 Å². The van der Waals surface area contributed by atoms with E-state index in [0.29, 0.717) is 13.0 Å². The van der Waals surface area contributed by atoms with E-state index in [2.05, 4.69) is 0 Å². The van der Waals surface area contributed by atoms with Crippen molar-refractivity contribution in [3.8, 4) is 0 Å².